The molecule has 210 valence electrons. The number of rotatable bonds is 13. The van der Waals surface area contributed by atoms with Crippen molar-refractivity contribution in [1.29, 1.82) is 0 Å². The maximum atomic E-state index is 13.5. The van der Waals surface area contributed by atoms with Gasteiger partial charge < -0.3 is 25.4 Å². The Hall–Kier alpha value is -4.02. The molecule has 2 heterocycles. The molecule has 2 aromatic carbocycles. The van der Waals surface area contributed by atoms with Crippen molar-refractivity contribution >= 4 is 35.0 Å². The number of nitrogens with one attached hydrogen (secondary N) is 3. The van der Waals surface area contributed by atoms with Gasteiger partial charge in [-0.2, -0.15) is 0 Å². The van der Waals surface area contributed by atoms with Crippen LogP contribution in [0.15, 0.2) is 78.2 Å². The third kappa shape index (κ3) is 8.24. The summed E-state index contributed by atoms with van der Waals surface area (Å²) in [6.45, 7) is 3.57. The van der Waals surface area contributed by atoms with Crippen LogP contribution in [0.2, 0.25) is 0 Å². The molecule has 0 aliphatic carbocycles. The van der Waals surface area contributed by atoms with E-state index in [4.69, 9.17) is 9.47 Å². The summed E-state index contributed by atoms with van der Waals surface area (Å²) in [5, 5.41) is 9.98. The van der Waals surface area contributed by atoms with Gasteiger partial charge in [-0.05, 0) is 42.8 Å². The second-order valence-electron chi connectivity index (χ2n) is 9.91. The highest BCUT2D eigenvalue weighted by Crippen LogP contribution is 2.29. The topological polar surface area (TPSA) is 126 Å². The van der Waals surface area contributed by atoms with Crippen LogP contribution in [0.5, 0.6) is 0 Å². The smallest absolute Gasteiger partial charge is 0.408 e. The van der Waals surface area contributed by atoms with Crippen molar-refractivity contribution in [1.82, 2.24) is 16.0 Å². The van der Waals surface area contributed by atoms with Gasteiger partial charge in [0.1, 0.15) is 24.3 Å². The molecule has 0 saturated carbocycles. The fraction of sp³-hybridized carbons (Fsp3) is 0.333. The van der Waals surface area contributed by atoms with Gasteiger partial charge in [0.15, 0.2) is 5.78 Å². The molecule has 1 saturated heterocycles. The quantitative estimate of drug-likeness (QED) is 0.274. The molecule has 1 fully saturated rings. The zero-order chi connectivity index (χ0) is 28.5. The van der Waals surface area contributed by atoms with E-state index in [0.29, 0.717) is 6.61 Å². The third-order valence-corrected chi connectivity index (χ3v) is 7.47. The first-order chi connectivity index (χ1) is 19.2. The van der Waals surface area contributed by atoms with Crippen LogP contribution in [0.25, 0.3) is 0 Å². The predicted octanol–water partition coefficient (Wildman–Crippen LogP) is 3.18. The average molecular weight is 564 g/mol. The Morgan fingerprint density at radius 2 is 1.48 bits per heavy atom. The molecule has 3 N–H and O–H groups in total. The molecule has 0 bridgehead atoms. The van der Waals surface area contributed by atoms with Crippen LogP contribution in [0.3, 0.4) is 0 Å². The Kier molecular flexibility index (Phi) is 9.68. The highest BCUT2D eigenvalue weighted by atomic mass is 32.1. The monoisotopic (exact) mass is 563 g/mol. The largest absolute Gasteiger partial charge is 0.445 e. The Morgan fingerprint density at radius 1 is 0.850 bits per heavy atom. The molecule has 4 rings (SSSR count). The number of thiophene rings is 1. The van der Waals surface area contributed by atoms with Gasteiger partial charge >= 0.3 is 6.09 Å². The van der Waals surface area contributed by atoms with E-state index in [2.05, 4.69) is 16.0 Å². The van der Waals surface area contributed by atoms with Crippen molar-refractivity contribution in [2.24, 2.45) is 0 Å². The molecule has 3 amide bonds. The molecular weight excluding hydrogens is 530 g/mol. The zero-order valence-corrected chi connectivity index (χ0v) is 23.2. The molecule has 10 heteroatoms. The number of hydrogen-bond acceptors (Lipinski definition) is 7. The lowest BCUT2D eigenvalue weighted by atomic mass is 9.94. The third-order valence-electron chi connectivity index (χ3n) is 6.57. The van der Waals surface area contributed by atoms with E-state index in [9.17, 15) is 19.2 Å². The first-order valence-corrected chi connectivity index (χ1v) is 13.9. The average Bonchev–Trinajstić information content (AvgIpc) is 3.50. The van der Waals surface area contributed by atoms with Gasteiger partial charge in [0.2, 0.25) is 11.8 Å². The molecule has 1 aromatic heterocycles. The molecule has 0 spiro atoms. The Bertz CT molecular complexity index is 1300. The summed E-state index contributed by atoms with van der Waals surface area (Å²) in [5.74, 6) is -1.28. The molecule has 1 aliphatic heterocycles. The lowest BCUT2D eigenvalue weighted by Crippen LogP contribution is -2.57. The first-order valence-electron chi connectivity index (χ1n) is 13.1. The number of ether oxygens (including phenoxy) is 2. The zero-order valence-electron chi connectivity index (χ0n) is 22.4. The van der Waals surface area contributed by atoms with Gasteiger partial charge in [-0.15, -0.1) is 11.3 Å². The Labute approximate surface area is 237 Å². The fourth-order valence-electron chi connectivity index (χ4n) is 4.09. The Balaban J connectivity index is 1.41. The van der Waals surface area contributed by atoms with Crippen LogP contribution in [-0.4, -0.2) is 54.0 Å². The number of alkyl carbamates (subject to hydrolysis) is 1. The van der Waals surface area contributed by atoms with Gasteiger partial charge in [-0.3, -0.25) is 14.4 Å². The van der Waals surface area contributed by atoms with Gasteiger partial charge in [-0.25, -0.2) is 4.79 Å². The number of carbonyl (C=O) groups excluding carboxylic acids is 4. The molecule has 4 atom stereocenters. The van der Waals surface area contributed by atoms with Gasteiger partial charge in [-0.1, -0.05) is 66.7 Å². The van der Waals surface area contributed by atoms with Crippen LogP contribution in [-0.2, 0) is 43.3 Å². The van der Waals surface area contributed by atoms with Gasteiger partial charge in [0.05, 0.1) is 12.6 Å². The SMILES string of the molecule is C[C@H](NC(=O)OCc1ccccc1)C(=O)N[C@@H](Cc1cccs1)C(=O)N[C@@H](Cc1ccccc1)C(=O)[C@@]1(C)CO1. The summed E-state index contributed by atoms with van der Waals surface area (Å²) in [7, 11) is 0. The van der Waals surface area contributed by atoms with Crippen LogP contribution in [0.4, 0.5) is 4.79 Å². The number of epoxide rings is 1. The van der Waals surface area contributed by atoms with E-state index in [1.54, 1.807) is 6.92 Å². The molecular formula is C30H33N3O6S. The second-order valence-corrected chi connectivity index (χ2v) is 10.9. The maximum absolute atomic E-state index is 13.5. The minimum Gasteiger partial charge on any atom is -0.445 e. The fourth-order valence-corrected chi connectivity index (χ4v) is 4.85. The maximum Gasteiger partial charge on any atom is 0.408 e. The lowest BCUT2D eigenvalue weighted by molar-refractivity contribution is -0.133. The first kappa shape index (κ1) is 29.0. The van der Waals surface area contributed by atoms with Crippen LogP contribution in [0, 0.1) is 0 Å². The molecule has 0 unspecified atom stereocenters. The molecule has 40 heavy (non-hydrogen) atoms. The number of amides is 3. The highest BCUT2D eigenvalue weighted by Gasteiger charge is 2.50. The van der Waals surface area contributed by atoms with E-state index in [1.807, 2.05) is 78.2 Å². The van der Waals surface area contributed by atoms with Crippen molar-refractivity contribution in [3.8, 4) is 0 Å². The minimum atomic E-state index is -0.977. The summed E-state index contributed by atoms with van der Waals surface area (Å²) in [4.78, 5) is 52.9. The second kappa shape index (κ2) is 13.4. The van der Waals surface area contributed by atoms with Crippen LogP contribution < -0.4 is 16.0 Å². The normalized spacial score (nSPS) is 18.1. The van der Waals surface area contributed by atoms with Crippen molar-refractivity contribution in [3.63, 3.8) is 0 Å². The summed E-state index contributed by atoms with van der Waals surface area (Å²) in [5.41, 5.74) is 0.765. The van der Waals surface area contributed by atoms with Crippen LogP contribution >= 0.6 is 11.3 Å². The number of carbonyl (C=O) groups is 4. The van der Waals surface area contributed by atoms with Crippen LogP contribution in [0.1, 0.15) is 29.9 Å². The van der Waals surface area contributed by atoms with E-state index in [0.717, 1.165) is 16.0 Å². The van der Waals surface area contributed by atoms with Crippen molar-refractivity contribution in [2.75, 3.05) is 6.61 Å². The van der Waals surface area contributed by atoms with Gasteiger partial charge in [0, 0.05) is 11.3 Å². The molecule has 1 aliphatic rings. The summed E-state index contributed by atoms with van der Waals surface area (Å²) in [6.07, 6.45) is -0.243. The lowest BCUT2D eigenvalue weighted by Gasteiger charge is -2.25. The predicted molar refractivity (Wildman–Crippen MR) is 151 cm³/mol. The van der Waals surface area contributed by atoms with E-state index >= 15 is 0 Å². The number of ketones is 1. The van der Waals surface area contributed by atoms with E-state index in [-0.39, 0.29) is 25.2 Å². The summed E-state index contributed by atoms with van der Waals surface area (Å²) < 4.78 is 10.6. The molecule has 9 nitrogen and oxygen atoms in total. The Morgan fingerprint density at radius 3 is 2.08 bits per heavy atom. The van der Waals surface area contributed by atoms with Crippen molar-refractivity contribution < 1.29 is 28.7 Å². The van der Waals surface area contributed by atoms with Gasteiger partial charge in [0.25, 0.3) is 0 Å². The number of hydrogen-bond donors (Lipinski definition) is 3. The van der Waals surface area contributed by atoms with Crippen molar-refractivity contribution in [2.45, 2.75) is 57.0 Å². The molecule has 0 radical (unpaired) electrons. The van der Waals surface area contributed by atoms with E-state index in [1.165, 1.54) is 18.3 Å². The van der Waals surface area contributed by atoms with E-state index < -0.39 is 41.6 Å². The molecule has 3 aromatic rings. The standard InChI is InChI=1S/C30H33N3O6S/c1-20(31-29(37)38-18-22-12-7-4-8-13-22)27(35)33-25(17-23-14-9-15-40-23)28(36)32-24(26(34)30(2)19-39-30)16-21-10-5-3-6-11-21/h3-15,20,24-25H,16-19H2,1-2H3,(H,31,37)(H,32,36)(H,33,35)/t20-,24-,25-,30+/m0/s1. The summed E-state index contributed by atoms with van der Waals surface area (Å²) >= 11 is 1.45. The number of Topliss-reactive ketones (excluding diaryl/α,β-unsaturated/α-hetero) is 1. The summed E-state index contributed by atoms with van der Waals surface area (Å²) in [6, 6.07) is 19.5. The number of benzene rings is 2. The highest BCUT2D eigenvalue weighted by molar-refractivity contribution is 7.09. The minimum absolute atomic E-state index is 0.0594. The van der Waals surface area contributed by atoms with Crippen molar-refractivity contribution in [3.05, 3.63) is 94.2 Å².